The predicted molar refractivity (Wildman–Crippen MR) is 89.8 cm³/mol. The summed E-state index contributed by atoms with van der Waals surface area (Å²) in [6.07, 6.45) is 0. The molecule has 0 aliphatic heterocycles. The predicted octanol–water partition coefficient (Wildman–Crippen LogP) is 3.11. The van der Waals surface area contributed by atoms with E-state index in [9.17, 15) is 29.8 Å². The Balaban J connectivity index is 0.000000271. The lowest BCUT2D eigenvalue weighted by Gasteiger charge is -1.96. The molecule has 0 aromatic heterocycles. The summed E-state index contributed by atoms with van der Waals surface area (Å²) < 4.78 is 0. The molecule has 0 fully saturated rings. The Morgan fingerprint density at radius 2 is 1.37 bits per heavy atom. The number of carboxylic acids is 2. The molecule has 2 aromatic carbocycles. The van der Waals surface area contributed by atoms with Crippen molar-refractivity contribution in [2.45, 2.75) is 0 Å². The molecule has 0 aliphatic carbocycles. The molecule has 0 unspecified atom stereocenters. The first-order valence-electron chi connectivity index (χ1n) is 6.67. The first-order chi connectivity index (χ1) is 12.6. The molecule has 2 aromatic rings. The summed E-state index contributed by atoms with van der Waals surface area (Å²) in [5.74, 6) is -2.49. The zero-order valence-electron chi connectivity index (χ0n) is 13.0. The van der Waals surface area contributed by atoms with Crippen molar-refractivity contribution in [2.24, 2.45) is 0 Å². The average Bonchev–Trinajstić information content (AvgIpc) is 2.61. The second-order valence-corrected chi connectivity index (χ2v) is 5.04. The van der Waals surface area contributed by atoms with E-state index in [4.69, 9.17) is 27.1 Å². The Labute approximate surface area is 155 Å². The van der Waals surface area contributed by atoms with Crippen LogP contribution < -0.4 is 0 Å². The second-order valence-electron chi connectivity index (χ2n) is 4.63. The van der Waals surface area contributed by atoms with Crippen LogP contribution in [0.5, 0.6) is 0 Å². The molecule has 138 valence electrons. The molecule has 0 spiro atoms. The third kappa shape index (κ3) is 5.48. The first-order valence-corrected chi connectivity index (χ1v) is 7.05. The van der Waals surface area contributed by atoms with Crippen LogP contribution in [0.1, 0.15) is 26.3 Å². The van der Waals surface area contributed by atoms with E-state index in [1.165, 1.54) is 12.1 Å². The Kier molecular flexibility index (Phi) is 6.91. The Morgan fingerprint density at radius 3 is 1.78 bits per heavy atom. The quantitative estimate of drug-likeness (QED) is 0.581. The van der Waals surface area contributed by atoms with Gasteiger partial charge in [0.05, 0.1) is 21.0 Å². The number of nitriles is 1. The summed E-state index contributed by atoms with van der Waals surface area (Å²) in [6.45, 7) is 0. The van der Waals surface area contributed by atoms with Gasteiger partial charge >= 0.3 is 11.9 Å². The number of halogens is 1. The van der Waals surface area contributed by atoms with E-state index in [2.05, 4.69) is 0 Å². The third-order valence-electron chi connectivity index (χ3n) is 2.95. The molecule has 0 atom stereocenters. The molecule has 0 radical (unpaired) electrons. The van der Waals surface area contributed by atoms with Crippen LogP contribution in [0.4, 0.5) is 11.4 Å². The molecule has 11 nitrogen and oxygen atoms in total. The molecule has 0 saturated carbocycles. The largest absolute Gasteiger partial charge is 0.478 e. The van der Waals surface area contributed by atoms with Crippen LogP contribution in [-0.4, -0.2) is 32.0 Å². The van der Waals surface area contributed by atoms with Crippen LogP contribution in [0.2, 0.25) is 5.02 Å². The van der Waals surface area contributed by atoms with Crippen molar-refractivity contribution in [3.05, 3.63) is 78.3 Å². The number of carbonyl (C=O) groups is 2. The van der Waals surface area contributed by atoms with Gasteiger partial charge in [0.15, 0.2) is 0 Å². The van der Waals surface area contributed by atoms with Gasteiger partial charge in [0.25, 0.3) is 11.4 Å². The average molecular weight is 394 g/mol. The molecule has 0 aliphatic rings. The normalized spacial score (nSPS) is 9.33. The molecular weight excluding hydrogens is 386 g/mol. The highest BCUT2D eigenvalue weighted by atomic mass is 35.5. The van der Waals surface area contributed by atoms with E-state index in [-0.39, 0.29) is 21.7 Å². The van der Waals surface area contributed by atoms with E-state index in [0.717, 1.165) is 24.3 Å². The zero-order chi connectivity index (χ0) is 20.7. The van der Waals surface area contributed by atoms with E-state index in [1.54, 1.807) is 6.07 Å². The number of rotatable bonds is 4. The van der Waals surface area contributed by atoms with Gasteiger partial charge in [-0.05, 0) is 24.3 Å². The highest BCUT2D eigenvalue weighted by Gasteiger charge is 2.17. The monoisotopic (exact) mass is 393 g/mol. The number of carboxylic acid groups (broad SMARTS) is 2. The highest BCUT2D eigenvalue weighted by Crippen LogP contribution is 2.24. The topological polar surface area (TPSA) is 185 Å². The minimum Gasteiger partial charge on any atom is -0.478 e. The van der Waals surface area contributed by atoms with Crippen molar-refractivity contribution in [1.29, 1.82) is 5.26 Å². The smallest absolute Gasteiger partial charge is 0.335 e. The standard InChI is InChI=1S/C8H4N2O4.C7H4ClNO4/c9-4-6-2-1-5(8(11)12)3-7(6)10(13)14;8-5-2-1-4(7(10)11)3-6(5)9(12)13/h1-3H,(H,11,12);1-3H,(H,10,11). The molecule has 0 heterocycles. The SMILES string of the molecule is N#Cc1ccc(C(=O)O)cc1[N+](=O)[O-].O=C(O)c1ccc(Cl)c([N+](=O)[O-])c1. The first kappa shape index (κ1) is 21.0. The lowest BCUT2D eigenvalue weighted by Crippen LogP contribution is -1.99. The van der Waals surface area contributed by atoms with Crippen LogP contribution in [0, 0.1) is 31.6 Å². The molecule has 12 heteroatoms. The summed E-state index contributed by atoms with van der Waals surface area (Å²) in [5.41, 5.74) is -1.42. The fourth-order valence-corrected chi connectivity index (χ4v) is 1.88. The molecule has 2 rings (SSSR count). The third-order valence-corrected chi connectivity index (χ3v) is 3.27. The van der Waals surface area contributed by atoms with Gasteiger partial charge in [-0.1, -0.05) is 11.6 Å². The van der Waals surface area contributed by atoms with Gasteiger partial charge in [-0.2, -0.15) is 5.26 Å². The number of nitro benzene ring substituents is 2. The van der Waals surface area contributed by atoms with Crippen molar-refractivity contribution < 1.29 is 29.6 Å². The number of benzene rings is 2. The Hall–Kier alpha value is -4.04. The number of nitrogens with zero attached hydrogens (tertiary/aromatic N) is 3. The van der Waals surface area contributed by atoms with Crippen molar-refractivity contribution in [1.82, 2.24) is 0 Å². The summed E-state index contributed by atoms with van der Waals surface area (Å²) >= 11 is 5.46. The molecule has 27 heavy (non-hydrogen) atoms. The Bertz CT molecular complexity index is 984. The van der Waals surface area contributed by atoms with E-state index in [1.807, 2.05) is 0 Å². The number of hydrogen-bond acceptors (Lipinski definition) is 7. The van der Waals surface area contributed by atoms with Gasteiger partial charge in [0.1, 0.15) is 16.7 Å². The summed E-state index contributed by atoms with van der Waals surface area (Å²) in [7, 11) is 0. The highest BCUT2D eigenvalue weighted by molar-refractivity contribution is 6.32. The molecule has 0 amide bonds. The van der Waals surface area contributed by atoms with E-state index < -0.39 is 33.2 Å². The van der Waals surface area contributed by atoms with Crippen molar-refractivity contribution in [3.8, 4) is 6.07 Å². The van der Waals surface area contributed by atoms with Crippen LogP contribution in [0.15, 0.2) is 36.4 Å². The molecule has 0 bridgehead atoms. The van der Waals surface area contributed by atoms with E-state index in [0.29, 0.717) is 0 Å². The maximum atomic E-state index is 10.5. The minimum atomic E-state index is -1.27. The van der Waals surface area contributed by atoms with E-state index >= 15 is 0 Å². The second kappa shape index (κ2) is 8.88. The van der Waals surface area contributed by atoms with Gasteiger partial charge in [-0.3, -0.25) is 20.2 Å². The minimum absolute atomic E-state index is 0.0741. The van der Waals surface area contributed by atoms with Crippen LogP contribution in [-0.2, 0) is 0 Å². The summed E-state index contributed by atoms with van der Waals surface area (Å²) in [4.78, 5) is 40.1. The number of hydrogen-bond donors (Lipinski definition) is 2. The van der Waals surface area contributed by atoms with Crippen molar-refractivity contribution in [3.63, 3.8) is 0 Å². The van der Waals surface area contributed by atoms with Gasteiger partial charge in [-0.15, -0.1) is 0 Å². The van der Waals surface area contributed by atoms with Gasteiger partial charge in [0.2, 0.25) is 0 Å². The van der Waals surface area contributed by atoms with Gasteiger partial charge in [-0.25, -0.2) is 9.59 Å². The van der Waals surface area contributed by atoms with Gasteiger partial charge < -0.3 is 10.2 Å². The lowest BCUT2D eigenvalue weighted by molar-refractivity contribution is -0.385. The van der Waals surface area contributed by atoms with Crippen LogP contribution >= 0.6 is 11.6 Å². The summed E-state index contributed by atoms with van der Waals surface area (Å²) in [6, 6.07) is 8.04. The maximum Gasteiger partial charge on any atom is 0.335 e. The Morgan fingerprint density at radius 1 is 0.926 bits per heavy atom. The lowest BCUT2D eigenvalue weighted by atomic mass is 10.1. The molecule has 2 N–H and O–H groups in total. The maximum absolute atomic E-state index is 10.5. The zero-order valence-corrected chi connectivity index (χ0v) is 13.8. The van der Waals surface area contributed by atoms with Crippen molar-refractivity contribution in [2.75, 3.05) is 0 Å². The fraction of sp³-hybridized carbons (Fsp3) is 0. The fourth-order valence-electron chi connectivity index (χ4n) is 1.70. The number of aromatic carboxylic acids is 2. The molecule has 0 saturated heterocycles. The van der Waals surface area contributed by atoms with Crippen LogP contribution in [0.3, 0.4) is 0 Å². The van der Waals surface area contributed by atoms with Crippen molar-refractivity contribution >= 4 is 34.9 Å². The van der Waals surface area contributed by atoms with Gasteiger partial charge in [0, 0.05) is 12.1 Å². The van der Waals surface area contributed by atoms with Crippen LogP contribution in [0.25, 0.3) is 0 Å². The summed E-state index contributed by atoms with van der Waals surface area (Å²) in [5, 5.41) is 46.2. The number of nitro groups is 2. The molecular formula is C15H8ClN3O8.